The molecular weight excluding hydrogens is 270 g/mol. The number of nitrogens with zero attached hydrogens (tertiary/aromatic N) is 2. The molecule has 2 aliphatic rings. The molecule has 6 nitrogen and oxygen atoms in total. The second-order valence-corrected chi connectivity index (χ2v) is 5.71. The van der Waals surface area contributed by atoms with Crippen molar-refractivity contribution in [2.24, 2.45) is 0 Å². The van der Waals surface area contributed by atoms with Crippen molar-refractivity contribution in [3.05, 3.63) is 24.0 Å². The van der Waals surface area contributed by atoms with Gasteiger partial charge in [-0.15, -0.1) is 0 Å². The van der Waals surface area contributed by atoms with E-state index in [-0.39, 0.29) is 18.6 Å². The molecule has 1 aromatic heterocycles. The number of nitrogens with one attached hydrogen (secondary N) is 1. The molecule has 6 heteroatoms. The van der Waals surface area contributed by atoms with Gasteiger partial charge in [0.2, 0.25) is 0 Å². The maximum absolute atomic E-state index is 12.7. The number of carbonyl (C=O) groups excluding carboxylic acids is 1. The molecule has 0 bridgehead atoms. The van der Waals surface area contributed by atoms with E-state index in [1.165, 1.54) is 0 Å². The first kappa shape index (κ1) is 14.6. The topological polar surface area (TPSA) is 66.7 Å². The van der Waals surface area contributed by atoms with Crippen LogP contribution in [0.5, 0.6) is 0 Å². The average Bonchev–Trinajstić information content (AvgIpc) is 3.04. The van der Waals surface area contributed by atoms with Crippen molar-refractivity contribution in [1.82, 2.24) is 14.8 Å². The molecule has 21 heavy (non-hydrogen) atoms. The minimum absolute atomic E-state index is 0.0419. The van der Waals surface area contributed by atoms with E-state index in [0.717, 1.165) is 31.6 Å². The second-order valence-electron chi connectivity index (χ2n) is 5.71. The van der Waals surface area contributed by atoms with E-state index in [2.05, 4.69) is 9.88 Å². The normalized spacial score (nSPS) is 24.2. The smallest absolute Gasteiger partial charge is 0.270 e. The molecule has 1 aromatic rings. The Hall–Kier alpha value is -1.37. The molecule has 0 aromatic carbocycles. The van der Waals surface area contributed by atoms with E-state index in [0.29, 0.717) is 25.7 Å². The van der Waals surface area contributed by atoms with E-state index in [1.807, 2.05) is 18.3 Å². The van der Waals surface area contributed by atoms with Gasteiger partial charge in [-0.1, -0.05) is 0 Å². The predicted octanol–water partition coefficient (Wildman–Crippen LogP) is 0.246. The number of ether oxygens (including phenoxy) is 1. The summed E-state index contributed by atoms with van der Waals surface area (Å²) in [6, 6.07) is 4.24. The standard InChI is InChI=1S/C15H23N3O3/c19-11-13-10-17(8-9-21-13)15(20)14-2-1-7-18(14)12-3-5-16-6-4-12/h1-2,7,12-13,16,19H,3-6,8-11H2. The van der Waals surface area contributed by atoms with Crippen molar-refractivity contribution in [1.29, 1.82) is 0 Å². The van der Waals surface area contributed by atoms with Gasteiger partial charge in [-0.05, 0) is 38.1 Å². The number of carbonyl (C=O) groups is 1. The Morgan fingerprint density at radius 3 is 3.00 bits per heavy atom. The van der Waals surface area contributed by atoms with E-state index in [4.69, 9.17) is 4.74 Å². The predicted molar refractivity (Wildman–Crippen MR) is 78.3 cm³/mol. The Kier molecular flexibility index (Phi) is 4.57. The average molecular weight is 293 g/mol. The van der Waals surface area contributed by atoms with Crippen LogP contribution in [0.1, 0.15) is 29.4 Å². The first-order chi connectivity index (χ1) is 10.3. The lowest BCUT2D eigenvalue weighted by Crippen LogP contribution is -2.47. The molecular formula is C15H23N3O3. The Bertz CT molecular complexity index is 482. The summed E-state index contributed by atoms with van der Waals surface area (Å²) >= 11 is 0. The summed E-state index contributed by atoms with van der Waals surface area (Å²) in [5, 5.41) is 12.6. The largest absolute Gasteiger partial charge is 0.394 e. The number of hydrogen-bond acceptors (Lipinski definition) is 4. The second kappa shape index (κ2) is 6.60. The molecule has 2 N–H and O–H groups in total. The van der Waals surface area contributed by atoms with Gasteiger partial charge in [0, 0.05) is 25.3 Å². The minimum atomic E-state index is -0.259. The van der Waals surface area contributed by atoms with Gasteiger partial charge in [0.05, 0.1) is 19.3 Å². The zero-order valence-corrected chi connectivity index (χ0v) is 12.2. The van der Waals surface area contributed by atoms with Gasteiger partial charge in [-0.2, -0.15) is 0 Å². The highest BCUT2D eigenvalue weighted by Gasteiger charge is 2.27. The maximum Gasteiger partial charge on any atom is 0.270 e. The lowest BCUT2D eigenvalue weighted by atomic mass is 10.1. The monoisotopic (exact) mass is 293 g/mol. The van der Waals surface area contributed by atoms with Crippen molar-refractivity contribution < 1.29 is 14.6 Å². The molecule has 0 spiro atoms. The lowest BCUT2D eigenvalue weighted by molar-refractivity contribution is -0.0450. The summed E-state index contributed by atoms with van der Waals surface area (Å²) in [5.74, 6) is 0.0419. The first-order valence-electron chi connectivity index (χ1n) is 7.69. The van der Waals surface area contributed by atoms with Gasteiger partial charge in [0.15, 0.2) is 0 Å². The third-order valence-electron chi connectivity index (χ3n) is 4.33. The molecule has 2 saturated heterocycles. The van der Waals surface area contributed by atoms with Crippen LogP contribution in [0.25, 0.3) is 0 Å². The minimum Gasteiger partial charge on any atom is -0.394 e. The van der Waals surface area contributed by atoms with Crippen LogP contribution >= 0.6 is 0 Å². The molecule has 3 heterocycles. The molecule has 0 aliphatic carbocycles. The van der Waals surface area contributed by atoms with E-state index in [9.17, 15) is 9.90 Å². The van der Waals surface area contributed by atoms with Crippen LogP contribution < -0.4 is 5.32 Å². The zero-order valence-electron chi connectivity index (χ0n) is 12.2. The molecule has 1 amide bonds. The molecule has 0 radical (unpaired) electrons. The van der Waals surface area contributed by atoms with Crippen LogP contribution in [-0.2, 0) is 4.74 Å². The van der Waals surface area contributed by atoms with E-state index >= 15 is 0 Å². The Morgan fingerprint density at radius 1 is 1.43 bits per heavy atom. The molecule has 0 saturated carbocycles. The number of aromatic nitrogens is 1. The van der Waals surface area contributed by atoms with Crippen molar-refractivity contribution in [3.8, 4) is 0 Å². The first-order valence-corrected chi connectivity index (χ1v) is 7.69. The summed E-state index contributed by atoms with van der Waals surface area (Å²) in [4.78, 5) is 14.5. The number of aliphatic hydroxyl groups excluding tert-OH is 1. The Morgan fingerprint density at radius 2 is 2.24 bits per heavy atom. The highest BCUT2D eigenvalue weighted by atomic mass is 16.5. The summed E-state index contributed by atoms with van der Waals surface area (Å²) in [6.07, 6.45) is 3.85. The van der Waals surface area contributed by atoms with Gasteiger partial charge in [0.1, 0.15) is 5.69 Å². The van der Waals surface area contributed by atoms with Gasteiger partial charge in [0.25, 0.3) is 5.91 Å². The number of hydrogen-bond donors (Lipinski definition) is 2. The third-order valence-corrected chi connectivity index (χ3v) is 4.33. The van der Waals surface area contributed by atoms with Crippen LogP contribution in [0.4, 0.5) is 0 Å². The summed E-state index contributed by atoms with van der Waals surface area (Å²) in [7, 11) is 0. The van der Waals surface area contributed by atoms with E-state index < -0.39 is 0 Å². The zero-order chi connectivity index (χ0) is 14.7. The molecule has 1 atom stereocenters. The highest BCUT2D eigenvalue weighted by Crippen LogP contribution is 2.22. The lowest BCUT2D eigenvalue weighted by Gasteiger charge is -2.33. The number of aliphatic hydroxyl groups is 1. The fourth-order valence-electron chi connectivity index (χ4n) is 3.15. The van der Waals surface area contributed by atoms with Crippen molar-refractivity contribution in [2.75, 3.05) is 39.4 Å². The molecule has 2 fully saturated rings. The highest BCUT2D eigenvalue weighted by molar-refractivity contribution is 5.93. The van der Waals surface area contributed by atoms with E-state index in [1.54, 1.807) is 4.90 Å². The number of piperidine rings is 1. The van der Waals surface area contributed by atoms with Gasteiger partial charge >= 0.3 is 0 Å². The van der Waals surface area contributed by atoms with Gasteiger partial charge in [-0.25, -0.2) is 0 Å². The summed E-state index contributed by atoms with van der Waals surface area (Å²) in [5.41, 5.74) is 0.750. The number of rotatable bonds is 3. The Labute approximate surface area is 124 Å². The molecule has 1 unspecified atom stereocenters. The summed E-state index contributed by atoms with van der Waals surface area (Å²) < 4.78 is 7.53. The van der Waals surface area contributed by atoms with Crippen molar-refractivity contribution in [2.45, 2.75) is 25.0 Å². The fourth-order valence-corrected chi connectivity index (χ4v) is 3.15. The number of morpholine rings is 1. The van der Waals surface area contributed by atoms with Crippen LogP contribution in [0.2, 0.25) is 0 Å². The maximum atomic E-state index is 12.7. The van der Waals surface area contributed by atoms with Crippen LogP contribution in [0.3, 0.4) is 0 Å². The third kappa shape index (κ3) is 3.12. The van der Waals surface area contributed by atoms with Crippen LogP contribution in [0.15, 0.2) is 18.3 Å². The molecule has 116 valence electrons. The van der Waals surface area contributed by atoms with Crippen molar-refractivity contribution >= 4 is 5.91 Å². The van der Waals surface area contributed by atoms with Crippen LogP contribution in [0, 0.1) is 0 Å². The van der Waals surface area contributed by atoms with Crippen LogP contribution in [-0.4, -0.2) is 66.0 Å². The van der Waals surface area contributed by atoms with Crippen molar-refractivity contribution in [3.63, 3.8) is 0 Å². The quantitative estimate of drug-likeness (QED) is 0.838. The number of amides is 1. The summed E-state index contributed by atoms with van der Waals surface area (Å²) in [6.45, 7) is 3.50. The molecule has 2 aliphatic heterocycles. The van der Waals surface area contributed by atoms with Gasteiger partial charge in [-0.3, -0.25) is 4.79 Å². The Balaban J connectivity index is 1.74. The SMILES string of the molecule is O=C(c1cccn1C1CCNCC1)N1CCOC(CO)C1. The van der Waals surface area contributed by atoms with Gasteiger partial charge < -0.3 is 24.6 Å². The molecule has 3 rings (SSSR count). The fraction of sp³-hybridized carbons (Fsp3) is 0.667.